The van der Waals surface area contributed by atoms with Crippen molar-refractivity contribution in [3.05, 3.63) is 35.2 Å². The van der Waals surface area contributed by atoms with E-state index in [1.807, 2.05) is 31.1 Å². The first kappa shape index (κ1) is 10.4. The van der Waals surface area contributed by atoms with Crippen molar-refractivity contribution in [3.63, 3.8) is 0 Å². The number of phenols is 1. The minimum atomic E-state index is -0.0832. The van der Waals surface area contributed by atoms with E-state index in [1.54, 1.807) is 12.1 Å². The Morgan fingerprint density at radius 1 is 1.19 bits per heavy atom. The zero-order chi connectivity index (χ0) is 11.7. The number of fused-ring (bicyclic) bond motifs is 1. The SMILES string of the molecule is CN(C)c1ccc2c(N=O)c(O)ccc2c1. The third-order valence-corrected chi connectivity index (χ3v) is 2.56. The Balaban J connectivity index is 2.73. The summed E-state index contributed by atoms with van der Waals surface area (Å²) in [6.07, 6.45) is 0. The molecule has 0 atom stereocenters. The summed E-state index contributed by atoms with van der Waals surface area (Å²) in [5.74, 6) is -0.0832. The van der Waals surface area contributed by atoms with Crippen LogP contribution in [0.1, 0.15) is 0 Å². The lowest BCUT2D eigenvalue weighted by Gasteiger charge is -2.13. The number of nitroso groups, excluding NO2 is 1. The summed E-state index contributed by atoms with van der Waals surface area (Å²) in [4.78, 5) is 12.6. The molecule has 2 aromatic rings. The Hall–Kier alpha value is -2.10. The van der Waals surface area contributed by atoms with E-state index in [0.29, 0.717) is 5.39 Å². The van der Waals surface area contributed by atoms with Crippen molar-refractivity contribution in [2.45, 2.75) is 0 Å². The summed E-state index contributed by atoms with van der Waals surface area (Å²) in [5.41, 5.74) is 1.14. The molecule has 4 heteroatoms. The minimum absolute atomic E-state index is 0.0832. The van der Waals surface area contributed by atoms with E-state index < -0.39 is 0 Å². The van der Waals surface area contributed by atoms with Crippen molar-refractivity contribution in [3.8, 4) is 5.75 Å². The standard InChI is InChI=1S/C12H12N2O2/c1-14(2)9-4-5-10-8(7-9)3-6-11(15)12(10)13-16/h3-7,15H,1-2H3. The van der Waals surface area contributed by atoms with Gasteiger partial charge in [0.25, 0.3) is 0 Å². The molecule has 0 saturated carbocycles. The second kappa shape index (κ2) is 3.81. The summed E-state index contributed by atoms with van der Waals surface area (Å²) >= 11 is 0. The van der Waals surface area contributed by atoms with E-state index in [1.165, 1.54) is 6.07 Å². The van der Waals surface area contributed by atoms with Gasteiger partial charge in [-0.2, -0.15) is 0 Å². The highest BCUT2D eigenvalue weighted by Crippen LogP contribution is 2.35. The summed E-state index contributed by atoms with van der Waals surface area (Å²) in [5, 5.41) is 13.9. The lowest BCUT2D eigenvalue weighted by atomic mass is 10.1. The predicted octanol–water partition coefficient (Wildman–Crippen LogP) is 3.01. The molecule has 0 aromatic heterocycles. The van der Waals surface area contributed by atoms with Gasteiger partial charge in [0.15, 0.2) is 5.69 Å². The molecule has 82 valence electrons. The number of phenolic OH excluding ortho intramolecular Hbond substituents is 1. The maximum atomic E-state index is 10.6. The van der Waals surface area contributed by atoms with Crippen LogP contribution in [0.15, 0.2) is 35.5 Å². The zero-order valence-electron chi connectivity index (χ0n) is 9.14. The quantitative estimate of drug-likeness (QED) is 0.785. The smallest absolute Gasteiger partial charge is 0.157 e. The molecule has 0 bridgehead atoms. The lowest BCUT2D eigenvalue weighted by molar-refractivity contribution is 0.477. The molecule has 1 N–H and O–H groups in total. The Morgan fingerprint density at radius 3 is 2.56 bits per heavy atom. The van der Waals surface area contributed by atoms with Crippen molar-refractivity contribution >= 4 is 22.1 Å². The maximum Gasteiger partial charge on any atom is 0.157 e. The molecule has 0 amide bonds. The average Bonchev–Trinajstić information content (AvgIpc) is 2.28. The Morgan fingerprint density at radius 2 is 1.94 bits per heavy atom. The molecule has 0 radical (unpaired) electrons. The van der Waals surface area contributed by atoms with Gasteiger partial charge < -0.3 is 10.0 Å². The van der Waals surface area contributed by atoms with Crippen molar-refractivity contribution in [1.29, 1.82) is 0 Å². The van der Waals surface area contributed by atoms with Crippen molar-refractivity contribution < 1.29 is 5.11 Å². The fourth-order valence-corrected chi connectivity index (χ4v) is 1.66. The third-order valence-electron chi connectivity index (χ3n) is 2.56. The molecule has 0 aliphatic rings. The summed E-state index contributed by atoms with van der Waals surface area (Å²) in [6, 6.07) is 8.88. The van der Waals surface area contributed by atoms with Gasteiger partial charge in [-0.05, 0) is 34.8 Å². The third kappa shape index (κ3) is 1.58. The molecule has 0 aliphatic carbocycles. The number of hydrogen-bond acceptors (Lipinski definition) is 4. The number of hydrogen-bond donors (Lipinski definition) is 1. The molecule has 4 nitrogen and oxygen atoms in total. The molecular weight excluding hydrogens is 204 g/mol. The van der Waals surface area contributed by atoms with Crippen LogP contribution in [0.2, 0.25) is 0 Å². The summed E-state index contributed by atoms with van der Waals surface area (Å²) in [6.45, 7) is 0. The molecule has 2 rings (SSSR count). The van der Waals surface area contributed by atoms with Gasteiger partial charge in [0, 0.05) is 25.2 Å². The first-order chi connectivity index (χ1) is 7.63. The highest BCUT2D eigenvalue weighted by Gasteiger charge is 2.08. The van der Waals surface area contributed by atoms with E-state index in [4.69, 9.17) is 0 Å². The van der Waals surface area contributed by atoms with Gasteiger partial charge in [-0.3, -0.25) is 0 Å². The van der Waals surface area contributed by atoms with Crippen LogP contribution < -0.4 is 4.90 Å². The molecule has 0 aliphatic heterocycles. The Labute approximate surface area is 93.1 Å². The maximum absolute atomic E-state index is 10.6. The van der Waals surface area contributed by atoms with Crippen LogP contribution in [0.3, 0.4) is 0 Å². The van der Waals surface area contributed by atoms with E-state index in [-0.39, 0.29) is 11.4 Å². The van der Waals surface area contributed by atoms with Gasteiger partial charge in [0.05, 0.1) is 0 Å². The van der Waals surface area contributed by atoms with Crippen molar-refractivity contribution in [1.82, 2.24) is 0 Å². The van der Waals surface area contributed by atoms with Crippen LogP contribution in [-0.2, 0) is 0 Å². The minimum Gasteiger partial charge on any atom is -0.506 e. The van der Waals surface area contributed by atoms with Crippen LogP contribution in [0.5, 0.6) is 5.75 Å². The number of anilines is 1. The van der Waals surface area contributed by atoms with Gasteiger partial charge in [-0.1, -0.05) is 6.07 Å². The Kier molecular flexibility index (Phi) is 2.48. The molecule has 0 saturated heterocycles. The Bertz CT molecular complexity index is 550. The number of aromatic hydroxyl groups is 1. The fraction of sp³-hybridized carbons (Fsp3) is 0.167. The fourth-order valence-electron chi connectivity index (χ4n) is 1.66. The zero-order valence-corrected chi connectivity index (χ0v) is 9.14. The monoisotopic (exact) mass is 216 g/mol. The van der Waals surface area contributed by atoms with Gasteiger partial charge in [-0.25, -0.2) is 0 Å². The van der Waals surface area contributed by atoms with Gasteiger partial charge >= 0.3 is 0 Å². The van der Waals surface area contributed by atoms with E-state index in [9.17, 15) is 10.0 Å². The number of benzene rings is 2. The second-order valence-electron chi connectivity index (χ2n) is 3.82. The van der Waals surface area contributed by atoms with Crippen LogP contribution in [0, 0.1) is 4.91 Å². The summed E-state index contributed by atoms with van der Waals surface area (Å²) in [7, 11) is 3.89. The summed E-state index contributed by atoms with van der Waals surface area (Å²) < 4.78 is 0. The number of rotatable bonds is 2. The largest absolute Gasteiger partial charge is 0.506 e. The van der Waals surface area contributed by atoms with Crippen LogP contribution in [0.4, 0.5) is 11.4 Å². The van der Waals surface area contributed by atoms with E-state index in [0.717, 1.165) is 11.1 Å². The molecule has 2 aromatic carbocycles. The number of nitrogens with zero attached hydrogens (tertiary/aromatic N) is 2. The van der Waals surface area contributed by atoms with Crippen molar-refractivity contribution in [2.75, 3.05) is 19.0 Å². The first-order valence-corrected chi connectivity index (χ1v) is 4.90. The molecule has 0 heterocycles. The average molecular weight is 216 g/mol. The second-order valence-corrected chi connectivity index (χ2v) is 3.82. The molecular formula is C12H12N2O2. The van der Waals surface area contributed by atoms with Crippen molar-refractivity contribution in [2.24, 2.45) is 5.18 Å². The first-order valence-electron chi connectivity index (χ1n) is 4.90. The normalized spacial score (nSPS) is 10.4. The molecule has 16 heavy (non-hydrogen) atoms. The van der Waals surface area contributed by atoms with Gasteiger partial charge in [-0.15, -0.1) is 4.91 Å². The predicted molar refractivity (Wildman–Crippen MR) is 65.4 cm³/mol. The molecule has 0 unspecified atom stereocenters. The highest BCUT2D eigenvalue weighted by atomic mass is 16.3. The van der Waals surface area contributed by atoms with Crippen LogP contribution in [0.25, 0.3) is 10.8 Å². The van der Waals surface area contributed by atoms with Gasteiger partial charge in [0.1, 0.15) is 5.75 Å². The highest BCUT2D eigenvalue weighted by molar-refractivity contribution is 5.97. The van der Waals surface area contributed by atoms with Crippen LogP contribution >= 0.6 is 0 Å². The van der Waals surface area contributed by atoms with E-state index >= 15 is 0 Å². The molecule has 0 spiro atoms. The lowest BCUT2D eigenvalue weighted by Crippen LogP contribution is -2.07. The van der Waals surface area contributed by atoms with Gasteiger partial charge in [0.2, 0.25) is 0 Å². The topological polar surface area (TPSA) is 52.9 Å². The van der Waals surface area contributed by atoms with Crippen LogP contribution in [-0.4, -0.2) is 19.2 Å². The van der Waals surface area contributed by atoms with E-state index in [2.05, 4.69) is 5.18 Å². The molecule has 0 fully saturated rings.